The molecule has 0 bridgehead atoms. The van der Waals surface area contributed by atoms with Gasteiger partial charge in [0.1, 0.15) is 5.75 Å². The number of carbonyl (C=O) groups excluding carboxylic acids is 2. The van der Waals surface area contributed by atoms with E-state index in [0.717, 1.165) is 41.1 Å². The summed E-state index contributed by atoms with van der Waals surface area (Å²) in [6, 6.07) is 9.60. The van der Waals surface area contributed by atoms with Crippen molar-refractivity contribution in [2.45, 2.75) is 103 Å². The molecule has 39 heavy (non-hydrogen) atoms. The van der Waals surface area contributed by atoms with Gasteiger partial charge in [-0.2, -0.15) is 0 Å². The van der Waals surface area contributed by atoms with Crippen molar-refractivity contribution in [3.8, 4) is 5.75 Å². The van der Waals surface area contributed by atoms with E-state index in [9.17, 15) is 9.59 Å². The molecule has 6 nitrogen and oxygen atoms in total. The quantitative estimate of drug-likeness (QED) is 0.416. The Morgan fingerprint density at radius 1 is 1.08 bits per heavy atom. The molecule has 0 radical (unpaired) electrons. The predicted molar refractivity (Wildman–Crippen MR) is 154 cm³/mol. The number of rotatable bonds is 6. The highest BCUT2D eigenvalue weighted by atomic mass is 35.5. The predicted octanol–water partition coefficient (Wildman–Crippen LogP) is 6.73. The lowest BCUT2D eigenvalue weighted by molar-refractivity contribution is -0.135. The van der Waals surface area contributed by atoms with Crippen LogP contribution in [0.25, 0.3) is 0 Å². The topological polar surface area (TPSA) is 94.3 Å². The summed E-state index contributed by atoms with van der Waals surface area (Å²) in [5.74, 6) is 2.59. The van der Waals surface area contributed by atoms with Crippen LogP contribution in [0.4, 0.5) is 0 Å². The molecule has 2 amide bonds. The van der Waals surface area contributed by atoms with Gasteiger partial charge in [-0.25, -0.2) is 0 Å². The van der Waals surface area contributed by atoms with E-state index >= 15 is 0 Å². The van der Waals surface area contributed by atoms with Gasteiger partial charge >= 0.3 is 0 Å². The summed E-state index contributed by atoms with van der Waals surface area (Å²) in [6.45, 7) is 5.65. The van der Waals surface area contributed by atoms with E-state index in [-0.39, 0.29) is 5.91 Å². The summed E-state index contributed by atoms with van der Waals surface area (Å²) in [5, 5.41) is 4.08. The lowest BCUT2D eigenvalue weighted by Crippen LogP contribution is -2.52. The third-order valence-corrected chi connectivity index (χ3v) is 9.88. The number of nitrogens with one attached hydrogen (secondary N) is 1. The van der Waals surface area contributed by atoms with Gasteiger partial charge in [0.05, 0.1) is 5.56 Å². The minimum absolute atomic E-state index is 0.0134. The van der Waals surface area contributed by atoms with Crippen LogP contribution >= 0.6 is 11.6 Å². The number of aryl methyl sites for hydroxylation is 1. The van der Waals surface area contributed by atoms with E-state index in [2.05, 4.69) is 10.3 Å². The fraction of sp³-hybridized carbons (Fsp3) is 0.594. The number of hydrogen-bond acceptors (Lipinski definition) is 4. The maximum Gasteiger partial charge on any atom is 0.263 e. The van der Waals surface area contributed by atoms with Crippen LogP contribution in [0, 0.1) is 24.2 Å². The summed E-state index contributed by atoms with van der Waals surface area (Å²) < 4.78 is 6.37. The van der Waals surface area contributed by atoms with Crippen molar-refractivity contribution in [2.24, 2.45) is 23.0 Å². The van der Waals surface area contributed by atoms with Gasteiger partial charge in [-0.1, -0.05) is 30.9 Å². The van der Waals surface area contributed by atoms with E-state index in [1.807, 2.05) is 39.0 Å². The summed E-state index contributed by atoms with van der Waals surface area (Å²) >= 11 is 6.31. The normalized spacial score (nSPS) is 27.5. The smallest absolute Gasteiger partial charge is 0.263 e. The van der Waals surface area contributed by atoms with Gasteiger partial charge < -0.3 is 15.8 Å². The van der Waals surface area contributed by atoms with Crippen LogP contribution in [0.15, 0.2) is 36.5 Å². The van der Waals surface area contributed by atoms with Crippen molar-refractivity contribution in [1.82, 2.24) is 10.3 Å². The zero-order valence-electron chi connectivity index (χ0n) is 23.5. The Morgan fingerprint density at radius 2 is 1.82 bits per heavy atom. The molecule has 4 aliphatic rings. The number of pyridine rings is 1. The zero-order valence-corrected chi connectivity index (χ0v) is 24.2. The number of halogens is 1. The van der Waals surface area contributed by atoms with Gasteiger partial charge in [0.2, 0.25) is 5.91 Å². The molecule has 1 spiro atoms. The first kappa shape index (κ1) is 27.9. The highest BCUT2D eigenvalue weighted by molar-refractivity contribution is 6.30. The first-order valence-corrected chi connectivity index (χ1v) is 15.0. The molecule has 4 saturated carbocycles. The van der Waals surface area contributed by atoms with Gasteiger partial charge in [0.25, 0.3) is 5.91 Å². The lowest BCUT2D eigenvalue weighted by atomic mass is 9.62. The molecule has 1 aromatic carbocycles. The summed E-state index contributed by atoms with van der Waals surface area (Å²) in [6.07, 6.45) is 14.2. The number of hydrogen-bond donors (Lipinski definition) is 2. The van der Waals surface area contributed by atoms with Crippen LogP contribution in [0.2, 0.25) is 5.02 Å². The van der Waals surface area contributed by atoms with Crippen molar-refractivity contribution >= 4 is 23.4 Å². The molecule has 4 aliphatic carbocycles. The van der Waals surface area contributed by atoms with Crippen LogP contribution in [0.1, 0.15) is 106 Å². The second-order valence-corrected chi connectivity index (χ2v) is 13.1. The molecule has 3 N–H and O–H groups in total. The minimum atomic E-state index is -0.894. The molecule has 4 fully saturated rings. The Hall–Kier alpha value is -2.60. The van der Waals surface area contributed by atoms with Gasteiger partial charge in [-0.05, 0) is 125 Å². The van der Waals surface area contributed by atoms with Crippen LogP contribution in [-0.2, 0) is 4.79 Å². The molecule has 7 heteroatoms. The molecule has 0 saturated heterocycles. The maximum atomic E-state index is 13.2. The number of benzene rings is 1. The first-order valence-electron chi connectivity index (χ1n) is 14.6. The molecule has 6 rings (SSSR count). The van der Waals surface area contributed by atoms with Gasteiger partial charge in [-0.15, -0.1) is 0 Å². The van der Waals surface area contributed by atoms with Gasteiger partial charge in [0, 0.05) is 23.0 Å². The van der Waals surface area contributed by atoms with Crippen molar-refractivity contribution in [1.29, 1.82) is 0 Å². The maximum absolute atomic E-state index is 13.2. The fourth-order valence-electron chi connectivity index (χ4n) is 7.14. The number of amides is 2. The molecule has 1 heterocycles. The first-order chi connectivity index (χ1) is 18.6. The molecular weight excluding hydrogens is 510 g/mol. The zero-order chi connectivity index (χ0) is 27.8. The lowest BCUT2D eigenvalue weighted by Gasteiger charge is -2.45. The van der Waals surface area contributed by atoms with Crippen molar-refractivity contribution in [3.05, 3.63) is 58.4 Å². The average molecular weight is 552 g/mol. The van der Waals surface area contributed by atoms with E-state index in [4.69, 9.17) is 22.1 Å². The number of nitrogens with two attached hydrogens (primary N) is 1. The van der Waals surface area contributed by atoms with Crippen molar-refractivity contribution in [2.75, 3.05) is 0 Å². The SMILES string of the molecule is CC(C)(Oc1ccc(Cl)cc1C1CCCCC1)C(=O)NC1CC2CCC23CC3C1.Cc1ccc(C(N)=O)cn1. The molecule has 0 aliphatic heterocycles. The number of nitrogens with zero attached hydrogens (tertiary/aromatic N) is 1. The van der Waals surface area contributed by atoms with Crippen LogP contribution in [0.5, 0.6) is 5.75 Å². The van der Waals surface area contributed by atoms with Gasteiger partial charge in [-0.3, -0.25) is 14.6 Å². The van der Waals surface area contributed by atoms with Crippen LogP contribution < -0.4 is 15.8 Å². The summed E-state index contributed by atoms with van der Waals surface area (Å²) in [7, 11) is 0. The third-order valence-electron chi connectivity index (χ3n) is 9.65. The van der Waals surface area contributed by atoms with E-state index in [0.29, 0.717) is 22.9 Å². The van der Waals surface area contributed by atoms with Crippen LogP contribution in [-0.4, -0.2) is 28.4 Å². The Labute approximate surface area is 237 Å². The Bertz CT molecular complexity index is 1210. The molecule has 4 atom stereocenters. The van der Waals surface area contributed by atoms with E-state index in [1.165, 1.54) is 63.1 Å². The Balaban J connectivity index is 0.000000261. The van der Waals surface area contributed by atoms with Crippen molar-refractivity contribution < 1.29 is 14.3 Å². The Kier molecular flexibility index (Phi) is 7.96. The largest absolute Gasteiger partial charge is 0.478 e. The second kappa shape index (κ2) is 11.1. The highest BCUT2D eigenvalue weighted by Gasteiger charge is 2.66. The fourth-order valence-corrected chi connectivity index (χ4v) is 7.32. The average Bonchev–Trinajstić information content (AvgIpc) is 3.65. The summed E-state index contributed by atoms with van der Waals surface area (Å²) in [5.41, 5.74) is 7.29. The number of aromatic nitrogens is 1. The molecule has 210 valence electrons. The van der Waals surface area contributed by atoms with E-state index in [1.54, 1.807) is 12.1 Å². The minimum Gasteiger partial charge on any atom is -0.478 e. The van der Waals surface area contributed by atoms with Crippen LogP contribution in [0.3, 0.4) is 0 Å². The second-order valence-electron chi connectivity index (χ2n) is 12.7. The number of primary amides is 1. The molecule has 1 aromatic heterocycles. The third kappa shape index (κ3) is 6.11. The van der Waals surface area contributed by atoms with Crippen molar-refractivity contribution in [3.63, 3.8) is 0 Å². The monoisotopic (exact) mass is 551 g/mol. The van der Waals surface area contributed by atoms with E-state index < -0.39 is 11.5 Å². The summed E-state index contributed by atoms with van der Waals surface area (Å²) in [4.78, 5) is 27.5. The Morgan fingerprint density at radius 3 is 2.44 bits per heavy atom. The van der Waals surface area contributed by atoms with Gasteiger partial charge in [0.15, 0.2) is 5.60 Å². The standard InChI is InChI=1S/C25H34ClNO2.C7H8N2O/c1-24(2,23(28)27-20-12-17-10-11-25(17)15-18(25)13-20)29-22-9-8-19(26)14-21(22)16-6-4-3-5-7-16;1-5-2-3-6(4-9-5)7(8)10/h8-9,14,16-18,20H,3-7,10-13,15H2,1-2H3,(H,27,28);2-4H,1H3,(H2,8,10). The number of ether oxygens (including phenoxy) is 1. The molecule has 2 aromatic rings. The molecule has 4 unspecified atom stereocenters. The number of carbonyl (C=O) groups is 2. The molecular formula is C32H42ClN3O3. The highest BCUT2D eigenvalue weighted by Crippen LogP contribution is 2.73.